The first-order valence-electron chi connectivity index (χ1n) is 10.1. The van der Waals surface area contributed by atoms with E-state index < -0.39 is 42.3 Å². The molecule has 0 unspecified atom stereocenters. The van der Waals surface area contributed by atoms with Crippen molar-refractivity contribution in [2.45, 2.75) is 33.7 Å². The lowest BCUT2D eigenvalue weighted by Crippen LogP contribution is -2.49. The lowest BCUT2D eigenvalue weighted by Gasteiger charge is -2.27. The number of imide groups is 1. The van der Waals surface area contributed by atoms with Crippen molar-refractivity contribution in [1.29, 1.82) is 0 Å². The molecule has 0 fully saturated rings. The van der Waals surface area contributed by atoms with Crippen LogP contribution in [0.5, 0.6) is 0 Å². The second-order valence-corrected chi connectivity index (χ2v) is 11.3. The van der Waals surface area contributed by atoms with Crippen molar-refractivity contribution in [2.75, 3.05) is 11.9 Å². The molecule has 0 saturated heterocycles. The maximum atomic E-state index is 13.3. The second-order valence-electron chi connectivity index (χ2n) is 8.15. The number of hydrogen-bond acceptors (Lipinski definition) is 5. The topological polar surface area (TPSA) is 92.8 Å². The number of ether oxygens (including phenoxy) is 1. The molecule has 0 saturated carbocycles. The van der Waals surface area contributed by atoms with Crippen LogP contribution in [-0.4, -0.2) is 41.2 Å². The van der Waals surface area contributed by atoms with Crippen LogP contribution >= 0.6 is 63.7 Å². The Morgan fingerprint density at radius 3 is 1.97 bits per heavy atom. The molecule has 0 bridgehead atoms. The maximum Gasteiger partial charge on any atom is 0.330 e. The van der Waals surface area contributed by atoms with E-state index in [1.807, 2.05) is 32.0 Å². The molecular weight excluding hydrogens is 704 g/mol. The third-order valence-corrected chi connectivity index (χ3v) is 10.1. The highest BCUT2D eigenvalue weighted by atomic mass is 79.9. The number of nitrogens with one attached hydrogen (secondary N) is 1. The molecule has 0 aromatic heterocycles. The number of fused-ring (bicyclic) bond motifs is 1. The molecule has 2 aromatic rings. The average Bonchev–Trinajstić information content (AvgIpc) is 3.02. The van der Waals surface area contributed by atoms with Crippen molar-refractivity contribution in [3.63, 3.8) is 0 Å². The summed E-state index contributed by atoms with van der Waals surface area (Å²) in [5.74, 6) is -3.08. The van der Waals surface area contributed by atoms with Gasteiger partial charge in [-0.1, -0.05) is 26.0 Å². The molecular formula is C23H20Br4N2O5. The monoisotopic (exact) mass is 720 g/mol. The van der Waals surface area contributed by atoms with E-state index in [0.717, 1.165) is 16.0 Å². The number of carbonyl (C=O) groups is 4. The Labute approximate surface area is 230 Å². The van der Waals surface area contributed by atoms with Crippen LogP contribution in [-0.2, 0) is 14.3 Å². The van der Waals surface area contributed by atoms with Crippen LogP contribution in [0.25, 0.3) is 0 Å². The quantitative estimate of drug-likeness (QED) is 0.167. The first-order valence-corrected chi connectivity index (χ1v) is 13.3. The van der Waals surface area contributed by atoms with E-state index in [1.54, 1.807) is 13.8 Å². The van der Waals surface area contributed by atoms with Crippen molar-refractivity contribution < 1.29 is 23.9 Å². The molecule has 0 aliphatic carbocycles. The molecule has 7 nitrogen and oxygen atoms in total. The van der Waals surface area contributed by atoms with Crippen LogP contribution in [0.15, 0.2) is 36.1 Å². The van der Waals surface area contributed by atoms with E-state index in [4.69, 9.17) is 4.74 Å². The SMILES string of the molecule is Cc1ccc(C)c(NC(=O)COC(=O)[C@H](C(C)C)N2C(=O)c3c(Br)c(Br)c(Br)c(Br)c3C2=O)c1. The fourth-order valence-electron chi connectivity index (χ4n) is 3.57. The van der Waals surface area contributed by atoms with Crippen LogP contribution in [0.2, 0.25) is 0 Å². The Balaban J connectivity index is 1.81. The molecule has 2 aromatic carbocycles. The van der Waals surface area contributed by atoms with E-state index in [0.29, 0.717) is 23.6 Å². The first-order chi connectivity index (χ1) is 15.9. The van der Waals surface area contributed by atoms with Crippen molar-refractivity contribution in [2.24, 2.45) is 5.92 Å². The van der Waals surface area contributed by atoms with Gasteiger partial charge in [0, 0.05) is 23.6 Å². The van der Waals surface area contributed by atoms with Gasteiger partial charge in [-0.3, -0.25) is 19.3 Å². The highest BCUT2D eigenvalue weighted by Gasteiger charge is 2.47. The number of halogens is 4. The van der Waals surface area contributed by atoms with Crippen molar-refractivity contribution >= 4 is 93.1 Å². The van der Waals surface area contributed by atoms with Crippen molar-refractivity contribution in [3.8, 4) is 0 Å². The molecule has 0 radical (unpaired) electrons. The smallest absolute Gasteiger partial charge is 0.330 e. The number of amides is 3. The van der Waals surface area contributed by atoms with E-state index in [-0.39, 0.29) is 11.1 Å². The predicted molar refractivity (Wildman–Crippen MR) is 142 cm³/mol. The first kappa shape index (κ1) is 27.0. The van der Waals surface area contributed by atoms with Gasteiger partial charge in [-0.15, -0.1) is 0 Å². The van der Waals surface area contributed by atoms with Gasteiger partial charge in [-0.05, 0) is 101 Å². The number of hydrogen-bond donors (Lipinski definition) is 1. The van der Waals surface area contributed by atoms with Gasteiger partial charge < -0.3 is 10.1 Å². The highest BCUT2D eigenvalue weighted by Crippen LogP contribution is 2.46. The number of esters is 1. The molecule has 1 atom stereocenters. The van der Waals surface area contributed by atoms with Gasteiger partial charge >= 0.3 is 5.97 Å². The van der Waals surface area contributed by atoms with E-state index in [1.165, 1.54) is 0 Å². The zero-order valence-corrected chi connectivity index (χ0v) is 24.9. The summed E-state index contributed by atoms with van der Waals surface area (Å²) in [6.07, 6.45) is 0. The summed E-state index contributed by atoms with van der Waals surface area (Å²) in [5.41, 5.74) is 2.73. The van der Waals surface area contributed by atoms with Gasteiger partial charge in [0.15, 0.2) is 6.61 Å². The minimum Gasteiger partial charge on any atom is -0.454 e. The number of nitrogens with zero attached hydrogens (tertiary/aromatic N) is 1. The molecule has 0 spiro atoms. The molecule has 3 amide bonds. The molecule has 34 heavy (non-hydrogen) atoms. The largest absolute Gasteiger partial charge is 0.454 e. The maximum absolute atomic E-state index is 13.3. The Morgan fingerprint density at radius 2 is 1.47 bits per heavy atom. The zero-order valence-electron chi connectivity index (χ0n) is 18.6. The minimum atomic E-state index is -1.21. The normalized spacial score (nSPS) is 13.9. The average molecular weight is 724 g/mol. The summed E-state index contributed by atoms with van der Waals surface area (Å²) < 4.78 is 7.13. The summed E-state index contributed by atoms with van der Waals surface area (Å²) in [5, 5.41) is 2.72. The summed E-state index contributed by atoms with van der Waals surface area (Å²) >= 11 is 13.5. The van der Waals surface area contributed by atoms with Gasteiger partial charge in [-0.2, -0.15) is 0 Å². The third kappa shape index (κ3) is 5.03. The number of anilines is 1. The zero-order chi connectivity index (χ0) is 25.5. The van der Waals surface area contributed by atoms with Crippen molar-refractivity contribution in [1.82, 2.24) is 4.90 Å². The summed E-state index contributed by atoms with van der Waals surface area (Å²) in [6.45, 7) is 6.59. The van der Waals surface area contributed by atoms with Crippen LogP contribution < -0.4 is 5.32 Å². The minimum absolute atomic E-state index is 0.137. The lowest BCUT2D eigenvalue weighted by molar-refractivity contribution is -0.152. The van der Waals surface area contributed by atoms with Crippen LogP contribution in [0, 0.1) is 19.8 Å². The highest BCUT2D eigenvalue weighted by molar-refractivity contribution is 9.15. The Morgan fingerprint density at radius 1 is 0.941 bits per heavy atom. The third-order valence-electron chi connectivity index (χ3n) is 5.30. The van der Waals surface area contributed by atoms with Crippen molar-refractivity contribution in [3.05, 3.63) is 58.3 Å². The summed E-state index contributed by atoms with van der Waals surface area (Å²) in [6, 6.07) is 4.41. The molecule has 3 rings (SSSR count). The lowest BCUT2D eigenvalue weighted by atomic mass is 10.0. The number of rotatable bonds is 6. The molecule has 1 aliphatic heterocycles. The Bertz CT molecular complexity index is 1180. The number of carbonyl (C=O) groups excluding carboxylic acids is 4. The van der Waals surface area contributed by atoms with Crippen LogP contribution in [0.4, 0.5) is 5.69 Å². The van der Waals surface area contributed by atoms with Gasteiger partial charge in [0.05, 0.1) is 11.1 Å². The number of benzene rings is 2. The predicted octanol–water partition coefficient (Wildman–Crippen LogP) is 6.16. The van der Waals surface area contributed by atoms with Gasteiger partial charge in [0.2, 0.25) is 0 Å². The molecule has 1 N–H and O–H groups in total. The molecule has 1 heterocycles. The summed E-state index contributed by atoms with van der Waals surface area (Å²) in [7, 11) is 0. The second kappa shape index (κ2) is 10.6. The van der Waals surface area contributed by atoms with Gasteiger partial charge in [0.25, 0.3) is 17.7 Å². The fourth-order valence-corrected chi connectivity index (χ4v) is 6.03. The van der Waals surface area contributed by atoms with Gasteiger partial charge in [-0.25, -0.2) is 4.79 Å². The van der Waals surface area contributed by atoms with E-state index in [2.05, 4.69) is 69.0 Å². The van der Waals surface area contributed by atoms with Crippen LogP contribution in [0.1, 0.15) is 45.7 Å². The van der Waals surface area contributed by atoms with E-state index >= 15 is 0 Å². The molecule has 1 aliphatic rings. The van der Waals surface area contributed by atoms with Gasteiger partial charge in [0.1, 0.15) is 6.04 Å². The standard InChI is InChI=1S/C23H20Br4N2O5/c1-9(2)20(23(33)34-8-13(30)28-12-7-10(3)5-6-11(12)4)29-21(31)14-15(22(29)32)17(25)19(27)18(26)16(14)24/h5-7,9,20H,8H2,1-4H3,(H,28,30)/t20-/m0/s1. The molecule has 11 heteroatoms. The Hall–Kier alpha value is -1.56. The molecule has 180 valence electrons. The summed E-state index contributed by atoms with van der Waals surface area (Å²) in [4.78, 5) is 52.9. The fraction of sp³-hybridized carbons (Fsp3) is 0.304. The van der Waals surface area contributed by atoms with Crippen LogP contribution in [0.3, 0.4) is 0 Å². The Kier molecular flexibility index (Phi) is 8.42. The number of aryl methyl sites for hydroxylation is 2. The van der Waals surface area contributed by atoms with E-state index in [9.17, 15) is 19.2 Å².